The van der Waals surface area contributed by atoms with Gasteiger partial charge in [-0.25, -0.2) is 4.98 Å². The van der Waals surface area contributed by atoms with Gasteiger partial charge in [0.1, 0.15) is 5.82 Å². The first kappa shape index (κ1) is 18.0. The van der Waals surface area contributed by atoms with Crippen LogP contribution in [0, 0.1) is 0 Å². The normalized spacial score (nSPS) is 14.1. The quantitative estimate of drug-likeness (QED) is 0.796. The fraction of sp³-hybridized carbons (Fsp3) is 0.400. The van der Waals surface area contributed by atoms with Crippen molar-refractivity contribution in [3.63, 3.8) is 0 Å². The lowest BCUT2D eigenvalue weighted by molar-refractivity contribution is 0.0950. The number of rotatable bonds is 7. The van der Waals surface area contributed by atoms with Gasteiger partial charge in [0.05, 0.1) is 19.8 Å². The molecule has 6 nitrogen and oxygen atoms in total. The van der Waals surface area contributed by atoms with Crippen molar-refractivity contribution in [2.45, 2.75) is 38.3 Å². The zero-order valence-corrected chi connectivity index (χ0v) is 15.2. The highest BCUT2D eigenvalue weighted by atomic mass is 16.5. The van der Waals surface area contributed by atoms with Crippen molar-refractivity contribution in [1.82, 2.24) is 10.3 Å². The Bertz CT molecular complexity index is 740. The Labute approximate surface area is 153 Å². The van der Waals surface area contributed by atoms with Gasteiger partial charge in [0, 0.05) is 18.8 Å². The van der Waals surface area contributed by atoms with Gasteiger partial charge in [0.2, 0.25) is 0 Å². The van der Waals surface area contributed by atoms with Crippen LogP contribution in [0.25, 0.3) is 0 Å². The third-order valence-corrected chi connectivity index (χ3v) is 4.63. The second-order valence-electron chi connectivity index (χ2n) is 6.43. The van der Waals surface area contributed by atoms with Crippen molar-refractivity contribution in [2.24, 2.45) is 0 Å². The highest BCUT2D eigenvalue weighted by Crippen LogP contribution is 2.27. The van der Waals surface area contributed by atoms with Gasteiger partial charge < -0.3 is 20.1 Å². The topological polar surface area (TPSA) is 72.5 Å². The van der Waals surface area contributed by atoms with Crippen molar-refractivity contribution in [3.8, 4) is 11.5 Å². The molecule has 6 heteroatoms. The van der Waals surface area contributed by atoms with Crippen LogP contribution < -0.4 is 20.1 Å². The molecule has 138 valence electrons. The summed E-state index contributed by atoms with van der Waals surface area (Å²) in [5.41, 5.74) is 1.48. The number of aromatic nitrogens is 1. The van der Waals surface area contributed by atoms with Crippen LogP contribution in [-0.2, 0) is 6.54 Å². The van der Waals surface area contributed by atoms with E-state index in [9.17, 15) is 4.79 Å². The molecule has 2 aromatic rings. The summed E-state index contributed by atoms with van der Waals surface area (Å²) in [6.45, 7) is 0.404. The molecule has 1 aliphatic carbocycles. The Morgan fingerprint density at radius 2 is 1.88 bits per heavy atom. The standard InChI is InChI=1S/C20H25N3O3/c1-25-17-9-7-14(11-18(17)26-2)12-22-20(24)15-8-10-19(21-13-15)23-16-5-3-4-6-16/h7-11,13,16H,3-6,12H2,1-2H3,(H,21,23)(H,22,24). The van der Waals surface area contributed by atoms with Crippen molar-refractivity contribution in [1.29, 1.82) is 0 Å². The Kier molecular flexibility index (Phi) is 5.94. The van der Waals surface area contributed by atoms with E-state index in [1.807, 2.05) is 24.3 Å². The molecule has 1 amide bonds. The summed E-state index contributed by atoms with van der Waals surface area (Å²) in [6, 6.07) is 9.75. The van der Waals surface area contributed by atoms with Crippen LogP contribution in [0.4, 0.5) is 5.82 Å². The number of ether oxygens (including phenoxy) is 2. The van der Waals surface area contributed by atoms with Gasteiger partial charge >= 0.3 is 0 Å². The first-order valence-electron chi connectivity index (χ1n) is 8.91. The van der Waals surface area contributed by atoms with Crippen molar-refractivity contribution < 1.29 is 14.3 Å². The number of hydrogen-bond acceptors (Lipinski definition) is 5. The summed E-state index contributed by atoms with van der Waals surface area (Å²) in [5, 5.41) is 6.32. The third-order valence-electron chi connectivity index (χ3n) is 4.63. The van der Waals surface area contributed by atoms with Gasteiger partial charge in [0.15, 0.2) is 11.5 Å². The molecule has 0 radical (unpaired) electrons. The number of carbonyl (C=O) groups excluding carboxylic acids is 1. The third kappa shape index (κ3) is 4.45. The van der Waals surface area contributed by atoms with E-state index < -0.39 is 0 Å². The first-order chi connectivity index (χ1) is 12.7. The summed E-state index contributed by atoms with van der Waals surface area (Å²) >= 11 is 0. The van der Waals surface area contributed by atoms with E-state index in [1.165, 1.54) is 25.7 Å². The minimum atomic E-state index is -0.153. The molecular formula is C20H25N3O3. The van der Waals surface area contributed by atoms with Gasteiger partial charge in [-0.05, 0) is 42.7 Å². The van der Waals surface area contributed by atoms with Crippen molar-refractivity contribution >= 4 is 11.7 Å². The second-order valence-corrected chi connectivity index (χ2v) is 6.43. The van der Waals surface area contributed by atoms with E-state index in [1.54, 1.807) is 26.5 Å². The SMILES string of the molecule is COc1ccc(CNC(=O)c2ccc(NC3CCCC3)nc2)cc1OC. The molecule has 26 heavy (non-hydrogen) atoms. The van der Waals surface area contributed by atoms with Gasteiger partial charge in [-0.3, -0.25) is 4.79 Å². The summed E-state index contributed by atoms with van der Waals surface area (Å²) in [6.07, 6.45) is 6.54. The molecule has 1 aromatic carbocycles. The van der Waals surface area contributed by atoms with Crippen molar-refractivity contribution in [2.75, 3.05) is 19.5 Å². The molecule has 1 aliphatic rings. The smallest absolute Gasteiger partial charge is 0.253 e. The zero-order chi connectivity index (χ0) is 18.4. The van der Waals surface area contributed by atoms with Crippen LogP contribution >= 0.6 is 0 Å². The summed E-state index contributed by atoms with van der Waals surface area (Å²) in [7, 11) is 3.19. The molecule has 2 N–H and O–H groups in total. The first-order valence-corrected chi connectivity index (χ1v) is 8.91. The number of benzene rings is 1. The molecular weight excluding hydrogens is 330 g/mol. The second kappa shape index (κ2) is 8.56. The summed E-state index contributed by atoms with van der Waals surface area (Å²) in [4.78, 5) is 16.7. The van der Waals surface area contributed by atoms with Crippen LogP contribution in [-0.4, -0.2) is 31.2 Å². The number of nitrogens with one attached hydrogen (secondary N) is 2. The molecule has 1 fully saturated rings. The number of hydrogen-bond donors (Lipinski definition) is 2. The fourth-order valence-corrected chi connectivity index (χ4v) is 3.17. The maximum Gasteiger partial charge on any atom is 0.253 e. The molecule has 3 rings (SSSR count). The lowest BCUT2D eigenvalue weighted by Crippen LogP contribution is -2.23. The zero-order valence-electron chi connectivity index (χ0n) is 15.2. The molecule has 0 bridgehead atoms. The lowest BCUT2D eigenvalue weighted by atomic mass is 10.2. The van der Waals surface area contributed by atoms with E-state index in [0.29, 0.717) is 29.6 Å². The Morgan fingerprint density at radius 1 is 1.12 bits per heavy atom. The monoisotopic (exact) mass is 355 g/mol. The predicted molar refractivity (Wildman–Crippen MR) is 101 cm³/mol. The Balaban J connectivity index is 1.56. The van der Waals surface area contributed by atoms with Gasteiger partial charge in [0.25, 0.3) is 5.91 Å². The van der Waals surface area contributed by atoms with E-state index in [-0.39, 0.29) is 5.91 Å². The minimum absolute atomic E-state index is 0.153. The van der Waals surface area contributed by atoms with Crippen LogP contribution in [0.5, 0.6) is 11.5 Å². The van der Waals surface area contributed by atoms with E-state index in [4.69, 9.17) is 9.47 Å². The minimum Gasteiger partial charge on any atom is -0.493 e. The number of methoxy groups -OCH3 is 2. The van der Waals surface area contributed by atoms with Gasteiger partial charge in [-0.15, -0.1) is 0 Å². The van der Waals surface area contributed by atoms with Crippen LogP contribution in [0.1, 0.15) is 41.6 Å². The molecule has 1 heterocycles. The predicted octanol–water partition coefficient (Wildman–Crippen LogP) is 3.38. The van der Waals surface area contributed by atoms with Gasteiger partial charge in [-0.2, -0.15) is 0 Å². The molecule has 0 saturated heterocycles. The molecule has 1 saturated carbocycles. The average Bonchev–Trinajstić information content (AvgIpc) is 3.19. The Morgan fingerprint density at radius 3 is 2.54 bits per heavy atom. The maximum atomic E-state index is 12.3. The van der Waals surface area contributed by atoms with E-state index >= 15 is 0 Å². The van der Waals surface area contributed by atoms with Crippen LogP contribution in [0.3, 0.4) is 0 Å². The number of pyridine rings is 1. The highest BCUT2D eigenvalue weighted by Gasteiger charge is 2.15. The number of carbonyl (C=O) groups is 1. The number of nitrogens with zero attached hydrogens (tertiary/aromatic N) is 1. The molecule has 0 aliphatic heterocycles. The number of amides is 1. The van der Waals surface area contributed by atoms with Crippen molar-refractivity contribution in [3.05, 3.63) is 47.7 Å². The summed E-state index contributed by atoms with van der Waals surface area (Å²) < 4.78 is 10.5. The summed E-state index contributed by atoms with van der Waals surface area (Å²) in [5.74, 6) is 1.98. The van der Waals surface area contributed by atoms with E-state index in [0.717, 1.165) is 11.4 Å². The fourth-order valence-electron chi connectivity index (χ4n) is 3.17. The average molecular weight is 355 g/mol. The van der Waals surface area contributed by atoms with Gasteiger partial charge in [-0.1, -0.05) is 18.9 Å². The largest absolute Gasteiger partial charge is 0.493 e. The molecule has 0 atom stereocenters. The highest BCUT2D eigenvalue weighted by molar-refractivity contribution is 5.94. The molecule has 0 spiro atoms. The molecule has 1 aromatic heterocycles. The maximum absolute atomic E-state index is 12.3. The van der Waals surface area contributed by atoms with Crippen LogP contribution in [0.2, 0.25) is 0 Å². The Hall–Kier alpha value is -2.76. The van der Waals surface area contributed by atoms with E-state index in [2.05, 4.69) is 15.6 Å². The number of anilines is 1. The van der Waals surface area contributed by atoms with Crippen LogP contribution in [0.15, 0.2) is 36.5 Å². The lowest BCUT2D eigenvalue weighted by Gasteiger charge is -2.13. The molecule has 0 unspecified atom stereocenters.